The van der Waals surface area contributed by atoms with Gasteiger partial charge >= 0.3 is 11.3 Å². The van der Waals surface area contributed by atoms with E-state index in [4.69, 9.17) is 9.47 Å². The number of hydrogen-bond acceptors (Lipinski definition) is 9. The van der Waals surface area contributed by atoms with Gasteiger partial charge in [0.1, 0.15) is 11.6 Å². The molecule has 0 saturated carbocycles. The fourth-order valence-corrected chi connectivity index (χ4v) is 3.46. The van der Waals surface area contributed by atoms with E-state index in [0.29, 0.717) is 0 Å². The highest BCUT2D eigenvalue weighted by molar-refractivity contribution is 8.15. The number of ether oxygens (including phenoxy) is 2. The molecule has 0 aliphatic heterocycles. The predicted molar refractivity (Wildman–Crippen MR) is 101 cm³/mol. The highest BCUT2D eigenvalue weighted by atomic mass is 32.2. The van der Waals surface area contributed by atoms with Crippen LogP contribution in [0.1, 0.15) is 48.0 Å². The van der Waals surface area contributed by atoms with Crippen LogP contribution in [0.25, 0.3) is 0 Å². The van der Waals surface area contributed by atoms with E-state index in [-0.39, 0.29) is 34.8 Å². The summed E-state index contributed by atoms with van der Waals surface area (Å²) in [7, 11) is 0. The molecular weight excluding hydrogens is 380 g/mol. The number of ketones is 2. The summed E-state index contributed by atoms with van der Waals surface area (Å²) < 4.78 is 8.54. The second-order valence-electron chi connectivity index (χ2n) is 6.48. The van der Waals surface area contributed by atoms with Crippen LogP contribution in [0, 0.1) is 11.8 Å². The van der Waals surface area contributed by atoms with Gasteiger partial charge < -0.3 is 9.47 Å². The average molecular weight is 407 g/mol. The van der Waals surface area contributed by atoms with Crippen molar-refractivity contribution in [3.63, 3.8) is 0 Å². The fourth-order valence-electron chi connectivity index (χ4n) is 1.72. The largest absolute Gasteiger partial charge is 0.428 e. The molecule has 7 nitrogen and oxygen atoms in total. The van der Waals surface area contributed by atoms with Crippen molar-refractivity contribution in [2.24, 2.45) is 11.8 Å². The normalized spacial score (nSPS) is 12.4. The molecule has 0 aromatic rings. The van der Waals surface area contributed by atoms with Crippen molar-refractivity contribution < 1.29 is 33.4 Å². The predicted octanol–water partition coefficient (Wildman–Crippen LogP) is 3.24. The molecule has 0 rings (SSSR count). The summed E-state index contributed by atoms with van der Waals surface area (Å²) >= 11 is 1.65. The van der Waals surface area contributed by atoms with Gasteiger partial charge in [0.25, 0.3) is 0 Å². The van der Waals surface area contributed by atoms with Crippen molar-refractivity contribution >= 4 is 51.5 Å². The summed E-state index contributed by atoms with van der Waals surface area (Å²) in [6.45, 7) is 8.79. The lowest BCUT2D eigenvalue weighted by Crippen LogP contribution is -2.33. The number of carbonyl (C=O) groups excluding carboxylic acids is 5. The van der Waals surface area contributed by atoms with Gasteiger partial charge in [0.15, 0.2) is 5.12 Å². The fraction of sp³-hybridized carbons (Fsp3) is 0.706. The van der Waals surface area contributed by atoms with Crippen LogP contribution in [0.5, 0.6) is 0 Å². The Bertz CT molecular complexity index is 555. The molecule has 9 heteroatoms. The van der Waals surface area contributed by atoms with E-state index in [0.717, 1.165) is 23.5 Å². The molecule has 0 unspecified atom stereocenters. The van der Waals surface area contributed by atoms with Crippen LogP contribution < -0.4 is 0 Å². The van der Waals surface area contributed by atoms with Gasteiger partial charge in [-0.1, -0.05) is 25.6 Å². The third kappa shape index (κ3) is 9.96. The van der Waals surface area contributed by atoms with Crippen LogP contribution in [0.4, 0.5) is 4.79 Å². The molecule has 0 aliphatic rings. The van der Waals surface area contributed by atoms with E-state index >= 15 is 0 Å². The second-order valence-corrected chi connectivity index (χ2v) is 9.24. The molecule has 0 aromatic carbocycles. The van der Waals surface area contributed by atoms with E-state index in [1.165, 1.54) is 13.8 Å². The molecule has 0 saturated heterocycles. The van der Waals surface area contributed by atoms with Crippen LogP contribution in [0.3, 0.4) is 0 Å². The minimum absolute atomic E-state index is 0.0643. The monoisotopic (exact) mass is 406 g/mol. The maximum Gasteiger partial charge on any atom is 0.370 e. The molecule has 26 heavy (non-hydrogen) atoms. The minimum atomic E-state index is -0.935. The van der Waals surface area contributed by atoms with E-state index < -0.39 is 28.7 Å². The van der Waals surface area contributed by atoms with E-state index in [1.54, 1.807) is 27.7 Å². The Morgan fingerprint density at radius 3 is 2.04 bits per heavy atom. The Balaban J connectivity index is 4.50. The van der Waals surface area contributed by atoms with Crippen molar-refractivity contribution in [1.29, 1.82) is 0 Å². The summed E-state index contributed by atoms with van der Waals surface area (Å²) in [5.74, 6) is -1.87. The van der Waals surface area contributed by atoms with Gasteiger partial charge in [0.2, 0.25) is 6.79 Å². The lowest BCUT2D eigenvalue weighted by atomic mass is 9.94. The number of carbonyl (C=O) groups is 5. The van der Waals surface area contributed by atoms with Gasteiger partial charge in [-0.25, -0.2) is 4.79 Å². The average Bonchev–Trinajstić information content (AvgIpc) is 2.49. The highest BCUT2D eigenvalue weighted by Crippen LogP contribution is 2.29. The van der Waals surface area contributed by atoms with E-state index in [9.17, 15) is 24.0 Å². The third-order valence-electron chi connectivity index (χ3n) is 3.33. The molecule has 0 heterocycles. The first kappa shape index (κ1) is 24.7. The van der Waals surface area contributed by atoms with Crippen LogP contribution in [-0.4, -0.2) is 45.2 Å². The zero-order chi connectivity index (χ0) is 20.5. The van der Waals surface area contributed by atoms with Crippen molar-refractivity contribution in [3.05, 3.63) is 0 Å². The van der Waals surface area contributed by atoms with E-state index in [1.807, 2.05) is 0 Å². The number of thioether (sulfide) groups is 2. The zero-order valence-corrected chi connectivity index (χ0v) is 17.6. The molecule has 0 N–H and O–H groups in total. The first-order valence-corrected chi connectivity index (χ1v) is 9.86. The maximum absolute atomic E-state index is 12.4. The smallest absolute Gasteiger partial charge is 0.370 e. The molecule has 0 aliphatic carbocycles. The number of rotatable bonds is 10. The highest BCUT2D eigenvalue weighted by Gasteiger charge is 2.33. The molecule has 148 valence electrons. The van der Waals surface area contributed by atoms with Crippen LogP contribution in [-0.2, 0) is 28.7 Å². The summed E-state index contributed by atoms with van der Waals surface area (Å²) in [6.07, 6.45) is -0.0643. The SMILES string of the molecule is CC(=O)SC(C)(C)C(=O)C[C@@H](CSC(=O)OCOC(=O)C(C)C)C(C)=O. The molecule has 1 atom stereocenters. The van der Waals surface area contributed by atoms with Gasteiger partial charge in [-0.2, -0.15) is 0 Å². The third-order valence-corrected chi connectivity index (χ3v) is 5.28. The van der Waals surface area contributed by atoms with Gasteiger partial charge in [-0.3, -0.25) is 19.2 Å². The van der Waals surface area contributed by atoms with Crippen molar-refractivity contribution in [1.82, 2.24) is 0 Å². The molecule has 0 bridgehead atoms. The molecule has 0 amide bonds. The molecular formula is C17H26O7S2. The van der Waals surface area contributed by atoms with Gasteiger partial charge in [-0.05, 0) is 32.5 Å². The van der Waals surface area contributed by atoms with E-state index in [2.05, 4.69) is 0 Å². The summed E-state index contributed by atoms with van der Waals surface area (Å²) in [6, 6.07) is 0. The van der Waals surface area contributed by atoms with Crippen LogP contribution in [0.2, 0.25) is 0 Å². The topological polar surface area (TPSA) is 104 Å². The molecule has 0 fully saturated rings. The molecule has 0 spiro atoms. The Morgan fingerprint density at radius 1 is 1.00 bits per heavy atom. The van der Waals surface area contributed by atoms with Gasteiger partial charge in [0, 0.05) is 25.0 Å². The van der Waals surface area contributed by atoms with Gasteiger partial charge in [-0.15, -0.1) is 0 Å². The number of esters is 1. The quantitative estimate of drug-likeness (QED) is 0.399. The Morgan fingerprint density at radius 2 is 1.58 bits per heavy atom. The van der Waals surface area contributed by atoms with Crippen LogP contribution >= 0.6 is 23.5 Å². The first-order chi connectivity index (χ1) is 11.9. The maximum atomic E-state index is 12.4. The lowest BCUT2D eigenvalue weighted by molar-refractivity contribution is -0.155. The number of hydrogen-bond donors (Lipinski definition) is 0. The summed E-state index contributed by atoms with van der Waals surface area (Å²) in [5, 5.41) is -0.880. The minimum Gasteiger partial charge on any atom is -0.428 e. The first-order valence-electron chi connectivity index (χ1n) is 8.06. The van der Waals surface area contributed by atoms with Crippen molar-refractivity contribution in [3.8, 4) is 0 Å². The Hall–Kier alpha value is -1.35. The van der Waals surface area contributed by atoms with Crippen molar-refractivity contribution in [2.45, 2.75) is 52.7 Å². The standard InChI is InChI=1S/C17H26O7S2/c1-10(2)15(21)23-9-24-16(22)25-8-13(11(3)18)7-14(20)17(5,6)26-12(4)19/h10,13H,7-9H2,1-6H3/t13-/m0/s1. The lowest BCUT2D eigenvalue weighted by Gasteiger charge is -2.23. The van der Waals surface area contributed by atoms with Gasteiger partial charge in [0.05, 0.1) is 10.7 Å². The zero-order valence-electron chi connectivity index (χ0n) is 16.0. The Kier molecular flexibility index (Phi) is 10.8. The summed E-state index contributed by atoms with van der Waals surface area (Å²) in [5.41, 5.74) is 0. The summed E-state index contributed by atoms with van der Waals surface area (Å²) in [4.78, 5) is 58.2. The van der Waals surface area contributed by atoms with Crippen molar-refractivity contribution in [2.75, 3.05) is 12.5 Å². The molecule has 0 radical (unpaired) electrons. The van der Waals surface area contributed by atoms with Crippen LogP contribution in [0.15, 0.2) is 0 Å². The second kappa shape index (κ2) is 11.4. The molecule has 0 aromatic heterocycles. The Labute approximate surface area is 162 Å². The number of Topliss-reactive ketones (excluding diaryl/α,β-unsaturated/α-hetero) is 2.